The Kier molecular flexibility index (Phi) is 3.01. The summed E-state index contributed by atoms with van der Waals surface area (Å²) in [5.41, 5.74) is 0. The average molecular weight is 129 g/mol. The average Bonchev–Trinajstić information content (AvgIpc) is 1.76. The molecule has 0 saturated carbocycles. The van der Waals surface area contributed by atoms with Crippen molar-refractivity contribution in [1.29, 1.82) is 0 Å². The van der Waals surface area contributed by atoms with Gasteiger partial charge in [0.05, 0.1) is 0 Å². The topological polar surface area (TPSA) is 0 Å². The normalized spacial score (nSPS) is 6.67. The monoisotopic (exact) mass is 128 g/mol. The molecule has 0 aromatic heterocycles. The Morgan fingerprint density at radius 3 is 1.67 bits per heavy atom. The van der Waals surface area contributed by atoms with Gasteiger partial charge in [-0.15, -0.1) is 0 Å². The number of rotatable bonds is 0. The maximum atomic E-state index is 2.00. The van der Waals surface area contributed by atoms with Crippen LogP contribution in [0, 0.1) is 0 Å². The van der Waals surface area contributed by atoms with Crippen LogP contribution in [0.2, 0.25) is 0 Å². The Balaban J connectivity index is 0.000000250. The summed E-state index contributed by atoms with van der Waals surface area (Å²) in [6.07, 6.45) is 0. The molecule has 0 fully saturated rings. The first-order valence-corrected chi connectivity index (χ1v) is 1.67. The van der Waals surface area contributed by atoms with Gasteiger partial charge in [-0.3, -0.25) is 0 Å². The summed E-state index contributed by atoms with van der Waals surface area (Å²) in [4.78, 5) is 0. The van der Waals surface area contributed by atoms with E-state index in [4.69, 9.17) is 0 Å². The maximum absolute atomic E-state index is 2.00. The maximum Gasteiger partial charge on any atom is 1.00 e. The van der Waals surface area contributed by atoms with Crippen LogP contribution in [0.5, 0.6) is 0 Å². The van der Waals surface area contributed by atoms with E-state index in [-0.39, 0.29) is 17.1 Å². The predicted octanol–water partition coefficient (Wildman–Crippen LogP) is 1.40. The molecule has 0 aliphatic rings. The fraction of sp³-hybridized carbons (Fsp3) is 0. The second-order valence-electron chi connectivity index (χ2n) is 0.962. The summed E-state index contributed by atoms with van der Waals surface area (Å²) >= 11 is 0. The fourth-order valence-electron chi connectivity index (χ4n) is 0.321. The number of hydrogen-bond acceptors (Lipinski definition) is 0. The first kappa shape index (κ1) is 5.87. The molecule has 6 heavy (non-hydrogen) atoms. The van der Waals surface area contributed by atoms with Gasteiger partial charge in [-0.05, 0) is 0 Å². The van der Waals surface area contributed by atoms with Gasteiger partial charge in [0.2, 0.25) is 0 Å². The van der Waals surface area contributed by atoms with Crippen LogP contribution < -0.4 is 0 Å². The molecule has 1 aromatic rings. The molecule has 0 heterocycles. The van der Waals surface area contributed by atoms with Gasteiger partial charge in [-0.2, -0.15) is 18.2 Å². The summed E-state index contributed by atoms with van der Waals surface area (Å²) in [6.45, 7) is 0. The van der Waals surface area contributed by atoms with Crippen molar-refractivity contribution < 1.29 is 17.1 Å². The van der Waals surface area contributed by atoms with Crippen LogP contribution in [0.1, 0.15) is 0 Å². The second kappa shape index (κ2) is 3.07. The van der Waals surface area contributed by atoms with E-state index in [9.17, 15) is 0 Å². The number of hydrogen-bond donors (Lipinski definition) is 0. The first-order chi connectivity index (χ1) is 2.50. The van der Waals surface area contributed by atoms with Gasteiger partial charge in [0, 0.05) is 0 Å². The molecule has 0 unspecified atom stereocenters. The molecular weight excluding hydrogens is 124 g/mol. The van der Waals surface area contributed by atoms with Crippen LogP contribution in [0.4, 0.5) is 0 Å². The minimum absolute atomic E-state index is 0. The Morgan fingerprint density at radius 1 is 1.00 bits per heavy atom. The van der Waals surface area contributed by atoms with Crippen molar-refractivity contribution in [3.05, 3.63) is 30.3 Å². The Labute approximate surface area is 48.0 Å². The third-order valence-corrected chi connectivity index (χ3v) is 0.556. The van der Waals surface area contributed by atoms with Crippen molar-refractivity contribution in [3.8, 4) is 0 Å². The second-order valence-corrected chi connectivity index (χ2v) is 0.962. The minimum Gasteiger partial charge on any atom is -0.214 e. The molecule has 0 amide bonds. The summed E-state index contributed by atoms with van der Waals surface area (Å²) < 4.78 is 0. The van der Waals surface area contributed by atoms with Crippen molar-refractivity contribution in [3.63, 3.8) is 0 Å². The zero-order valence-corrected chi connectivity index (χ0v) is 4.13. The summed E-state index contributed by atoms with van der Waals surface area (Å²) in [5, 5.41) is 0. The van der Waals surface area contributed by atoms with Crippen LogP contribution >= 0.6 is 0 Å². The molecule has 0 aliphatic carbocycles. The van der Waals surface area contributed by atoms with Crippen molar-refractivity contribution in [2.75, 3.05) is 0 Å². The molecule has 0 N–H and O–H groups in total. The largest absolute Gasteiger partial charge is 1.00 e. The van der Waals surface area contributed by atoms with Gasteiger partial charge in [0.25, 0.3) is 0 Å². The van der Waals surface area contributed by atoms with E-state index in [2.05, 4.69) is 0 Å². The molecule has 0 radical (unpaired) electrons. The first-order valence-electron chi connectivity index (χ1n) is 1.67. The minimum atomic E-state index is 0. The summed E-state index contributed by atoms with van der Waals surface area (Å²) in [5.74, 6) is 0. The Bertz CT molecular complexity index is 60.4. The molecule has 1 rings (SSSR count). The zero-order chi connectivity index (χ0) is 3.54. The molecule has 0 aliphatic heterocycles. The molecule has 1 heteroatoms. The van der Waals surface area contributed by atoms with Crippen molar-refractivity contribution >= 4 is 0 Å². The Morgan fingerprint density at radius 2 is 1.50 bits per heavy atom. The predicted molar refractivity (Wildman–Crippen MR) is 22.0 cm³/mol. The van der Waals surface area contributed by atoms with Gasteiger partial charge >= 0.3 is 17.1 Å². The molecule has 0 bridgehead atoms. The molecule has 0 saturated heterocycles. The van der Waals surface area contributed by atoms with Crippen LogP contribution in [0.25, 0.3) is 0 Å². The van der Waals surface area contributed by atoms with E-state index >= 15 is 0 Å². The van der Waals surface area contributed by atoms with Crippen LogP contribution in [0.3, 0.4) is 0 Å². The van der Waals surface area contributed by atoms with E-state index in [1.807, 2.05) is 30.3 Å². The SMILES string of the molecule is [Cu+].c1cc[cH-]c1. The molecule has 0 spiro atoms. The van der Waals surface area contributed by atoms with Crippen LogP contribution in [-0.4, -0.2) is 0 Å². The van der Waals surface area contributed by atoms with E-state index in [0.717, 1.165) is 0 Å². The van der Waals surface area contributed by atoms with E-state index in [1.165, 1.54) is 0 Å². The van der Waals surface area contributed by atoms with Crippen molar-refractivity contribution in [2.24, 2.45) is 0 Å². The van der Waals surface area contributed by atoms with Gasteiger partial charge < -0.3 is 0 Å². The van der Waals surface area contributed by atoms with E-state index < -0.39 is 0 Å². The van der Waals surface area contributed by atoms with E-state index in [1.54, 1.807) is 0 Å². The van der Waals surface area contributed by atoms with Gasteiger partial charge in [0.15, 0.2) is 0 Å². The quantitative estimate of drug-likeness (QED) is 0.366. The standard InChI is InChI=1S/C5H5.Cu/c1-2-4-5-3-1;/h1-5H;/q-1;+1. The van der Waals surface area contributed by atoms with Gasteiger partial charge in [0.1, 0.15) is 0 Å². The van der Waals surface area contributed by atoms with Crippen molar-refractivity contribution in [1.82, 2.24) is 0 Å². The summed E-state index contributed by atoms with van der Waals surface area (Å²) in [6, 6.07) is 10.0. The third kappa shape index (κ3) is 1.34. The third-order valence-electron chi connectivity index (χ3n) is 0.556. The Hall–Kier alpha value is -0.131. The van der Waals surface area contributed by atoms with Crippen LogP contribution in [0.15, 0.2) is 30.3 Å². The smallest absolute Gasteiger partial charge is 0.214 e. The molecule has 0 nitrogen and oxygen atoms in total. The molecule has 1 aromatic carbocycles. The fourth-order valence-corrected chi connectivity index (χ4v) is 0.321. The van der Waals surface area contributed by atoms with Crippen LogP contribution in [-0.2, 0) is 17.1 Å². The summed E-state index contributed by atoms with van der Waals surface area (Å²) in [7, 11) is 0. The molecular formula is C5H5Cu. The van der Waals surface area contributed by atoms with E-state index in [0.29, 0.717) is 0 Å². The van der Waals surface area contributed by atoms with Gasteiger partial charge in [-0.1, -0.05) is 0 Å². The molecule has 0 atom stereocenters. The zero-order valence-electron chi connectivity index (χ0n) is 3.19. The molecule has 36 valence electrons. The van der Waals surface area contributed by atoms with Crippen molar-refractivity contribution in [2.45, 2.75) is 0 Å². The van der Waals surface area contributed by atoms with Gasteiger partial charge in [-0.25, -0.2) is 12.1 Å².